The van der Waals surface area contributed by atoms with E-state index in [1.54, 1.807) is 11.8 Å². The van der Waals surface area contributed by atoms with Crippen LogP contribution < -0.4 is 0 Å². The molecule has 0 spiro atoms. The molecule has 0 saturated carbocycles. The summed E-state index contributed by atoms with van der Waals surface area (Å²) >= 11 is 1.79. The highest BCUT2D eigenvalue weighted by molar-refractivity contribution is 8.00. The Labute approximate surface area is 97.8 Å². The van der Waals surface area contributed by atoms with Gasteiger partial charge in [-0.1, -0.05) is 20.8 Å². The third kappa shape index (κ3) is 4.45. The molecule has 2 nitrogen and oxygen atoms in total. The molecule has 0 aliphatic carbocycles. The summed E-state index contributed by atoms with van der Waals surface area (Å²) in [5, 5.41) is 0.609. The second-order valence-electron chi connectivity index (χ2n) is 4.59. The van der Waals surface area contributed by atoms with E-state index in [1.165, 1.54) is 12.8 Å². The summed E-state index contributed by atoms with van der Waals surface area (Å²) in [6, 6.07) is 0. The fourth-order valence-electron chi connectivity index (χ4n) is 1.68. The van der Waals surface area contributed by atoms with Gasteiger partial charge in [0, 0.05) is 18.3 Å². The Balaban J connectivity index is 2.22. The first kappa shape index (κ1) is 12.9. The number of nitrogens with zero attached hydrogens (tertiary/aromatic N) is 1. The van der Waals surface area contributed by atoms with Gasteiger partial charge in [0.2, 0.25) is 5.91 Å². The van der Waals surface area contributed by atoms with Crippen molar-refractivity contribution < 1.29 is 4.79 Å². The van der Waals surface area contributed by atoms with E-state index in [0.717, 1.165) is 25.4 Å². The third-order valence-corrected chi connectivity index (χ3v) is 4.52. The number of thioether (sulfide) groups is 1. The second kappa shape index (κ2) is 6.41. The van der Waals surface area contributed by atoms with Crippen LogP contribution in [0.5, 0.6) is 0 Å². The predicted octanol–water partition coefficient (Wildman–Crippen LogP) is 2.78. The quantitative estimate of drug-likeness (QED) is 0.739. The number of hydrogen-bond donors (Lipinski definition) is 0. The van der Waals surface area contributed by atoms with E-state index < -0.39 is 0 Å². The Kier molecular flexibility index (Phi) is 5.51. The predicted molar refractivity (Wildman–Crippen MR) is 67.2 cm³/mol. The third-order valence-electron chi connectivity index (χ3n) is 3.20. The number of carbonyl (C=O) groups excluding carboxylic acids is 1. The Morgan fingerprint density at radius 1 is 1.47 bits per heavy atom. The van der Waals surface area contributed by atoms with E-state index in [2.05, 4.69) is 20.8 Å². The van der Waals surface area contributed by atoms with Crippen LogP contribution in [0.3, 0.4) is 0 Å². The van der Waals surface area contributed by atoms with Crippen molar-refractivity contribution in [3.8, 4) is 0 Å². The van der Waals surface area contributed by atoms with Crippen LogP contribution in [0.1, 0.15) is 40.0 Å². The van der Waals surface area contributed by atoms with Crippen LogP contribution in [0.2, 0.25) is 0 Å². The molecule has 0 aromatic heterocycles. The SMILES string of the molecule is CC[C@H](C)SCC(=O)N1CCC(C)CC1. The smallest absolute Gasteiger partial charge is 0.232 e. The highest BCUT2D eigenvalue weighted by Crippen LogP contribution is 2.19. The maximum atomic E-state index is 11.8. The van der Waals surface area contributed by atoms with Gasteiger partial charge in [0.15, 0.2) is 0 Å². The topological polar surface area (TPSA) is 20.3 Å². The Bertz CT molecular complexity index is 200. The zero-order chi connectivity index (χ0) is 11.3. The molecule has 1 saturated heterocycles. The van der Waals surface area contributed by atoms with Crippen molar-refractivity contribution in [1.82, 2.24) is 4.90 Å². The lowest BCUT2D eigenvalue weighted by atomic mass is 9.99. The van der Waals surface area contributed by atoms with Crippen LogP contribution in [-0.2, 0) is 4.79 Å². The van der Waals surface area contributed by atoms with Crippen LogP contribution in [0, 0.1) is 5.92 Å². The van der Waals surface area contributed by atoms with Gasteiger partial charge in [0.1, 0.15) is 0 Å². The van der Waals surface area contributed by atoms with Gasteiger partial charge in [0.25, 0.3) is 0 Å². The summed E-state index contributed by atoms with van der Waals surface area (Å²) in [5.74, 6) is 1.81. The second-order valence-corrected chi connectivity index (χ2v) is 6.02. The van der Waals surface area contributed by atoms with Gasteiger partial charge >= 0.3 is 0 Å². The summed E-state index contributed by atoms with van der Waals surface area (Å²) < 4.78 is 0. The van der Waals surface area contributed by atoms with Crippen molar-refractivity contribution in [2.45, 2.75) is 45.3 Å². The molecule has 0 aromatic rings. The zero-order valence-corrected chi connectivity index (χ0v) is 11.0. The van der Waals surface area contributed by atoms with E-state index in [0.29, 0.717) is 16.9 Å². The first-order chi connectivity index (χ1) is 7.13. The number of rotatable bonds is 4. The molecule has 0 bridgehead atoms. The molecule has 1 aliphatic rings. The van der Waals surface area contributed by atoms with Gasteiger partial charge in [-0.15, -0.1) is 11.8 Å². The van der Waals surface area contributed by atoms with Crippen molar-refractivity contribution in [3.05, 3.63) is 0 Å². The van der Waals surface area contributed by atoms with E-state index in [9.17, 15) is 4.79 Å². The highest BCUT2D eigenvalue weighted by Gasteiger charge is 2.20. The van der Waals surface area contributed by atoms with Crippen molar-refractivity contribution in [1.29, 1.82) is 0 Å². The Morgan fingerprint density at radius 2 is 2.07 bits per heavy atom. The summed E-state index contributed by atoms with van der Waals surface area (Å²) in [7, 11) is 0. The molecule has 1 amide bonds. The molecule has 1 fully saturated rings. The molecule has 0 radical (unpaired) electrons. The molecule has 88 valence electrons. The largest absolute Gasteiger partial charge is 0.342 e. The molecule has 1 aliphatic heterocycles. The van der Waals surface area contributed by atoms with Crippen molar-refractivity contribution in [2.24, 2.45) is 5.92 Å². The molecule has 3 heteroatoms. The standard InChI is InChI=1S/C12H23NOS/c1-4-11(3)15-9-12(14)13-7-5-10(2)6-8-13/h10-11H,4-9H2,1-3H3/t11-/m0/s1. The fourth-order valence-corrected chi connectivity index (χ4v) is 2.53. The maximum absolute atomic E-state index is 11.8. The van der Waals surface area contributed by atoms with Crippen molar-refractivity contribution in [2.75, 3.05) is 18.8 Å². The molecule has 1 heterocycles. The number of likely N-dealkylation sites (tertiary alicyclic amines) is 1. The molecule has 0 aromatic carbocycles. The van der Waals surface area contributed by atoms with Gasteiger partial charge < -0.3 is 4.90 Å². The van der Waals surface area contributed by atoms with Gasteiger partial charge in [-0.05, 0) is 25.2 Å². The zero-order valence-electron chi connectivity index (χ0n) is 10.2. The van der Waals surface area contributed by atoms with Crippen molar-refractivity contribution >= 4 is 17.7 Å². The lowest BCUT2D eigenvalue weighted by Gasteiger charge is -2.30. The molecule has 15 heavy (non-hydrogen) atoms. The van der Waals surface area contributed by atoms with Gasteiger partial charge in [-0.3, -0.25) is 4.79 Å². The summed E-state index contributed by atoms with van der Waals surface area (Å²) in [6.45, 7) is 8.58. The van der Waals surface area contributed by atoms with Crippen LogP contribution >= 0.6 is 11.8 Å². The maximum Gasteiger partial charge on any atom is 0.232 e. The average molecular weight is 229 g/mol. The minimum Gasteiger partial charge on any atom is -0.342 e. The van der Waals surface area contributed by atoms with Gasteiger partial charge in [-0.25, -0.2) is 0 Å². The summed E-state index contributed by atoms with van der Waals surface area (Å²) in [5.41, 5.74) is 0. The van der Waals surface area contributed by atoms with Crippen LogP contribution in [-0.4, -0.2) is 34.9 Å². The summed E-state index contributed by atoms with van der Waals surface area (Å²) in [4.78, 5) is 13.9. The first-order valence-corrected chi connectivity index (χ1v) is 7.07. The van der Waals surface area contributed by atoms with E-state index in [-0.39, 0.29) is 0 Å². The molecular formula is C12H23NOS. The average Bonchev–Trinajstić information content (AvgIpc) is 2.26. The number of carbonyl (C=O) groups is 1. The first-order valence-electron chi connectivity index (χ1n) is 6.02. The van der Waals surface area contributed by atoms with Crippen LogP contribution in [0.25, 0.3) is 0 Å². The molecular weight excluding hydrogens is 206 g/mol. The van der Waals surface area contributed by atoms with Crippen molar-refractivity contribution in [3.63, 3.8) is 0 Å². The molecule has 0 unspecified atom stereocenters. The molecule has 0 N–H and O–H groups in total. The fraction of sp³-hybridized carbons (Fsp3) is 0.917. The number of piperidine rings is 1. The lowest BCUT2D eigenvalue weighted by molar-refractivity contribution is -0.129. The van der Waals surface area contributed by atoms with E-state index >= 15 is 0 Å². The summed E-state index contributed by atoms with van der Waals surface area (Å²) in [6.07, 6.45) is 3.51. The van der Waals surface area contributed by atoms with Gasteiger partial charge in [0.05, 0.1) is 5.75 Å². The number of hydrogen-bond acceptors (Lipinski definition) is 2. The molecule has 1 atom stereocenters. The van der Waals surface area contributed by atoms with Crippen LogP contribution in [0.15, 0.2) is 0 Å². The number of amides is 1. The molecule has 1 rings (SSSR count). The Hall–Kier alpha value is -0.180. The minimum atomic E-state index is 0.340. The van der Waals surface area contributed by atoms with E-state index in [4.69, 9.17) is 0 Å². The van der Waals surface area contributed by atoms with Crippen LogP contribution in [0.4, 0.5) is 0 Å². The van der Waals surface area contributed by atoms with Gasteiger partial charge in [-0.2, -0.15) is 0 Å². The minimum absolute atomic E-state index is 0.340. The monoisotopic (exact) mass is 229 g/mol. The Morgan fingerprint density at radius 3 is 2.60 bits per heavy atom. The normalized spacial score (nSPS) is 20.3. The lowest BCUT2D eigenvalue weighted by Crippen LogP contribution is -2.39. The van der Waals surface area contributed by atoms with E-state index in [1.807, 2.05) is 4.90 Å². The highest BCUT2D eigenvalue weighted by atomic mass is 32.2.